The number of carbonyl (C=O) groups is 1. The number of ether oxygens (including phenoxy) is 1. The van der Waals surface area contributed by atoms with Crippen molar-refractivity contribution < 1.29 is 17.9 Å². The fourth-order valence-corrected chi connectivity index (χ4v) is 5.87. The molecule has 4 rings (SSSR count). The Morgan fingerprint density at radius 3 is 2.77 bits per heavy atom. The molecule has 1 unspecified atom stereocenters. The van der Waals surface area contributed by atoms with Gasteiger partial charge in [-0.3, -0.25) is 14.8 Å². The number of aromatic nitrogens is 2. The van der Waals surface area contributed by atoms with E-state index in [4.69, 9.17) is 4.74 Å². The molecular formula is C17H26N4O4S. The summed E-state index contributed by atoms with van der Waals surface area (Å²) in [6.07, 6.45) is 1.73. The number of H-pyrrole nitrogens is 1. The van der Waals surface area contributed by atoms with E-state index in [9.17, 15) is 13.2 Å². The first-order valence-corrected chi connectivity index (χ1v) is 11.0. The number of sulfone groups is 1. The Bertz CT molecular complexity index is 772. The number of hydrogen-bond acceptors (Lipinski definition) is 6. The van der Waals surface area contributed by atoms with Gasteiger partial charge in [0.15, 0.2) is 9.84 Å². The standard InChI is InChI=1S/C17H26N4O4S/c1-12-6-13(20-19-12)7-21-8-15(17(11-21)2-4-25-5-3-17)16(22)18-14-9-26(23,24)10-14/h6,14-15H,2-5,7-11H2,1H3,(H,18,22)(H,19,20). The minimum atomic E-state index is -2.94. The van der Waals surface area contributed by atoms with Crippen molar-refractivity contribution in [2.45, 2.75) is 32.4 Å². The molecule has 144 valence electrons. The summed E-state index contributed by atoms with van der Waals surface area (Å²) in [6.45, 7) is 5.58. The number of amides is 1. The van der Waals surface area contributed by atoms with Crippen molar-refractivity contribution >= 4 is 15.7 Å². The number of carbonyl (C=O) groups excluding carboxylic acids is 1. The second kappa shape index (κ2) is 6.61. The molecule has 0 radical (unpaired) electrons. The molecule has 26 heavy (non-hydrogen) atoms. The molecule has 0 aliphatic carbocycles. The molecule has 4 heterocycles. The van der Waals surface area contributed by atoms with Gasteiger partial charge < -0.3 is 10.1 Å². The molecule has 3 saturated heterocycles. The van der Waals surface area contributed by atoms with Gasteiger partial charge in [0.2, 0.25) is 5.91 Å². The molecular weight excluding hydrogens is 356 g/mol. The summed E-state index contributed by atoms with van der Waals surface area (Å²) in [5, 5.41) is 10.2. The highest BCUT2D eigenvalue weighted by molar-refractivity contribution is 7.92. The van der Waals surface area contributed by atoms with Gasteiger partial charge in [-0.05, 0) is 25.8 Å². The molecule has 1 amide bonds. The molecule has 9 heteroatoms. The Morgan fingerprint density at radius 2 is 2.15 bits per heavy atom. The average molecular weight is 382 g/mol. The number of likely N-dealkylation sites (tertiary alicyclic amines) is 1. The predicted molar refractivity (Wildman–Crippen MR) is 95.2 cm³/mol. The molecule has 0 saturated carbocycles. The summed E-state index contributed by atoms with van der Waals surface area (Å²) in [5.41, 5.74) is 1.92. The Balaban J connectivity index is 1.46. The van der Waals surface area contributed by atoms with E-state index in [-0.39, 0.29) is 34.8 Å². The Hall–Kier alpha value is -1.45. The summed E-state index contributed by atoms with van der Waals surface area (Å²) in [7, 11) is -2.94. The van der Waals surface area contributed by atoms with Crippen molar-refractivity contribution in [3.8, 4) is 0 Å². The SMILES string of the molecule is Cc1cc(CN2CC(C(=O)NC3CS(=O)(=O)C3)C3(CCOCC3)C2)n[nH]1. The maximum absolute atomic E-state index is 12.9. The normalized spacial score (nSPS) is 28.1. The summed E-state index contributed by atoms with van der Waals surface area (Å²) in [6, 6.07) is 1.80. The second-order valence-electron chi connectivity index (χ2n) is 8.02. The van der Waals surface area contributed by atoms with Gasteiger partial charge in [-0.2, -0.15) is 5.10 Å². The van der Waals surface area contributed by atoms with Crippen LogP contribution >= 0.6 is 0 Å². The maximum atomic E-state index is 12.9. The highest BCUT2D eigenvalue weighted by Gasteiger charge is 2.51. The number of hydrogen-bond donors (Lipinski definition) is 2. The lowest BCUT2D eigenvalue weighted by atomic mass is 9.71. The third-order valence-electron chi connectivity index (χ3n) is 5.92. The smallest absolute Gasteiger partial charge is 0.225 e. The fraction of sp³-hybridized carbons (Fsp3) is 0.765. The zero-order valence-electron chi connectivity index (χ0n) is 15.0. The van der Waals surface area contributed by atoms with Crippen LogP contribution < -0.4 is 5.32 Å². The minimum Gasteiger partial charge on any atom is -0.381 e. The number of nitrogens with one attached hydrogen (secondary N) is 2. The first-order chi connectivity index (χ1) is 12.4. The van der Waals surface area contributed by atoms with E-state index in [1.807, 2.05) is 13.0 Å². The van der Waals surface area contributed by atoms with E-state index < -0.39 is 9.84 Å². The lowest BCUT2D eigenvalue weighted by molar-refractivity contribution is -0.130. The van der Waals surface area contributed by atoms with Gasteiger partial charge >= 0.3 is 0 Å². The summed E-state index contributed by atoms with van der Waals surface area (Å²) in [5.74, 6) is -0.00222. The molecule has 3 aliphatic heterocycles. The van der Waals surface area contributed by atoms with E-state index in [0.29, 0.717) is 26.3 Å². The fourth-order valence-electron chi connectivity index (χ4n) is 4.57. The minimum absolute atomic E-state index is 0.00694. The lowest BCUT2D eigenvalue weighted by Crippen LogP contribution is -2.56. The van der Waals surface area contributed by atoms with Gasteiger partial charge in [-0.25, -0.2) is 8.42 Å². The quantitative estimate of drug-likeness (QED) is 0.751. The number of rotatable bonds is 4. The lowest BCUT2D eigenvalue weighted by Gasteiger charge is -2.38. The number of aromatic amines is 1. The van der Waals surface area contributed by atoms with Crippen LogP contribution in [0.25, 0.3) is 0 Å². The van der Waals surface area contributed by atoms with E-state index in [1.165, 1.54) is 0 Å². The van der Waals surface area contributed by atoms with E-state index in [2.05, 4.69) is 20.4 Å². The molecule has 2 N–H and O–H groups in total. The van der Waals surface area contributed by atoms with Crippen LogP contribution in [0.3, 0.4) is 0 Å². The molecule has 1 spiro atoms. The molecule has 3 aliphatic rings. The Kier molecular flexibility index (Phi) is 4.56. The zero-order valence-corrected chi connectivity index (χ0v) is 15.8. The Morgan fingerprint density at radius 1 is 1.42 bits per heavy atom. The maximum Gasteiger partial charge on any atom is 0.225 e. The molecule has 0 aromatic carbocycles. The summed E-state index contributed by atoms with van der Waals surface area (Å²) in [4.78, 5) is 15.2. The van der Waals surface area contributed by atoms with Crippen LogP contribution in [0.2, 0.25) is 0 Å². The van der Waals surface area contributed by atoms with Crippen molar-refractivity contribution in [3.05, 3.63) is 17.5 Å². The predicted octanol–water partition coefficient (Wildman–Crippen LogP) is -0.140. The van der Waals surface area contributed by atoms with Gasteiger partial charge in [0.1, 0.15) is 0 Å². The van der Waals surface area contributed by atoms with E-state index in [1.54, 1.807) is 0 Å². The van der Waals surface area contributed by atoms with Crippen LogP contribution in [0.4, 0.5) is 0 Å². The molecule has 1 aromatic heterocycles. The number of aryl methyl sites for hydroxylation is 1. The first-order valence-electron chi connectivity index (χ1n) is 9.17. The summed E-state index contributed by atoms with van der Waals surface area (Å²) < 4.78 is 28.3. The highest BCUT2D eigenvalue weighted by Crippen LogP contribution is 2.44. The monoisotopic (exact) mass is 382 g/mol. The highest BCUT2D eigenvalue weighted by atomic mass is 32.2. The van der Waals surface area contributed by atoms with Crippen molar-refractivity contribution in [3.63, 3.8) is 0 Å². The van der Waals surface area contributed by atoms with Crippen molar-refractivity contribution in [2.75, 3.05) is 37.8 Å². The topological polar surface area (TPSA) is 104 Å². The third-order valence-corrected chi connectivity index (χ3v) is 7.75. The van der Waals surface area contributed by atoms with Crippen LogP contribution in [0, 0.1) is 18.3 Å². The van der Waals surface area contributed by atoms with Crippen molar-refractivity contribution in [1.82, 2.24) is 20.4 Å². The van der Waals surface area contributed by atoms with Gasteiger partial charge in [0.05, 0.1) is 29.2 Å². The van der Waals surface area contributed by atoms with Gasteiger partial charge in [-0.15, -0.1) is 0 Å². The molecule has 1 atom stereocenters. The van der Waals surface area contributed by atoms with Gasteiger partial charge in [-0.1, -0.05) is 0 Å². The Labute approximate surface area is 153 Å². The average Bonchev–Trinajstić information content (AvgIpc) is 3.10. The molecule has 8 nitrogen and oxygen atoms in total. The first kappa shape index (κ1) is 17.9. The van der Waals surface area contributed by atoms with Crippen LogP contribution in [0.15, 0.2) is 6.07 Å². The van der Waals surface area contributed by atoms with Crippen LogP contribution in [0.5, 0.6) is 0 Å². The van der Waals surface area contributed by atoms with Crippen molar-refractivity contribution in [1.29, 1.82) is 0 Å². The molecule has 3 fully saturated rings. The summed E-state index contributed by atoms with van der Waals surface area (Å²) >= 11 is 0. The van der Waals surface area contributed by atoms with Crippen LogP contribution in [-0.2, 0) is 25.9 Å². The largest absolute Gasteiger partial charge is 0.381 e. The zero-order chi connectivity index (χ0) is 18.4. The van der Waals surface area contributed by atoms with Gasteiger partial charge in [0.25, 0.3) is 0 Å². The van der Waals surface area contributed by atoms with Crippen LogP contribution in [-0.4, -0.2) is 73.3 Å². The van der Waals surface area contributed by atoms with Crippen molar-refractivity contribution in [2.24, 2.45) is 11.3 Å². The van der Waals surface area contributed by atoms with E-state index in [0.717, 1.165) is 30.8 Å². The number of nitrogens with zero attached hydrogens (tertiary/aromatic N) is 2. The third kappa shape index (κ3) is 3.52. The van der Waals surface area contributed by atoms with E-state index >= 15 is 0 Å². The molecule has 0 bridgehead atoms. The second-order valence-corrected chi connectivity index (χ2v) is 10.2. The van der Waals surface area contributed by atoms with Gasteiger partial charge in [0, 0.05) is 44.0 Å². The molecule has 1 aromatic rings. The van der Waals surface area contributed by atoms with Crippen LogP contribution in [0.1, 0.15) is 24.2 Å².